The van der Waals surface area contributed by atoms with Crippen molar-refractivity contribution >= 4 is 57.7 Å². The van der Waals surface area contributed by atoms with Crippen molar-refractivity contribution in [2.75, 3.05) is 11.9 Å². The van der Waals surface area contributed by atoms with Gasteiger partial charge in [-0.1, -0.05) is 59.8 Å². The molecule has 0 spiro atoms. The number of nitrogens with zero attached hydrogens (tertiary/aromatic N) is 2. The Bertz CT molecular complexity index is 1270. The van der Waals surface area contributed by atoms with Crippen molar-refractivity contribution in [1.82, 2.24) is 4.90 Å². The minimum atomic E-state index is -1.05. The van der Waals surface area contributed by atoms with Crippen molar-refractivity contribution in [1.29, 1.82) is 0 Å². The summed E-state index contributed by atoms with van der Waals surface area (Å²) < 4.78 is 0. The number of hydrogen-bond donors (Lipinski definition) is 2. The third-order valence-electron chi connectivity index (χ3n) is 5.33. The Balaban J connectivity index is 1.53. The molecule has 1 atom stereocenters. The summed E-state index contributed by atoms with van der Waals surface area (Å²) in [5.41, 5.74) is 2.25. The minimum Gasteiger partial charge on any atom is -0.478 e. The SMILES string of the molecule is O=C(O)c1ccc(NC(=O)C2CC(=O)N(CCc3ccccc3)C(=Nc3cccc(Cl)c3)S2)cc1. The number of carboxylic acid groups (broad SMARTS) is 1. The number of benzene rings is 3. The number of aromatic carboxylic acids is 1. The van der Waals surface area contributed by atoms with Gasteiger partial charge in [-0.05, 0) is 54.4 Å². The number of carbonyl (C=O) groups is 3. The molecule has 1 unspecified atom stereocenters. The average molecular weight is 508 g/mol. The summed E-state index contributed by atoms with van der Waals surface area (Å²) in [5, 5.41) is 12.1. The second-order valence-corrected chi connectivity index (χ2v) is 9.44. The molecular formula is C26H22ClN3O4S. The molecule has 1 aliphatic heterocycles. The maximum atomic E-state index is 13.1. The topological polar surface area (TPSA) is 99.1 Å². The number of anilines is 1. The van der Waals surface area contributed by atoms with Crippen molar-refractivity contribution in [2.45, 2.75) is 18.1 Å². The van der Waals surface area contributed by atoms with Gasteiger partial charge in [-0.15, -0.1) is 0 Å². The molecule has 178 valence electrons. The number of carbonyl (C=O) groups excluding carboxylic acids is 2. The molecule has 2 N–H and O–H groups in total. The van der Waals surface area contributed by atoms with Gasteiger partial charge >= 0.3 is 5.97 Å². The molecule has 1 heterocycles. The summed E-state index contributed by atoms with van der Waals surface area (Å²) in [6.07, 6.45) is 0.668. The van der Waals surface area contributed by atoms with Crippen LogP contribution in [0.3, 0.4) is 0 Å². The Morgan fingerprint density at radius 2 is 1.80 bits per heavy atom. The number of rotatable bonds is 7. The van der Waals surface area contributed by atoms with Crippen LogP contribution in [0, 0.1) is 0 Å². The van der Waals surface area contributed by atoms with Crippen LogP contribution in [0.1, 0.15) is 22.3 Å². The number of halogens is 1. The van der Waals surface area contributed by atoms with Crippen LogP contribution in [0.5, 0.6) is 0 Å². The Morgan fingerprint density at radius 3 is 2.49 bits per heavy atom. The van der Waals surface area contributed by atoms with Crippen molar-refractivity contribution in [3.63, 3.8) is 0 Å². The fraction of sp³-hybridized carbons (Fsp3) is 0.154. The lowest BCUT2D eigenvalue weighted by molar-refractivity contribution is -0.129. The lowest BCUT2D eigenvalue weighted by Gasteiger charge is -2.32. The van der Waals surface area contributed by atoms with Crippen LogP contribution in [0.2, 0.25) is 5.02 Å². The third kappa shape index (κ3) is 6.49. The van der Waals surface area contributed by atoms with Gasteiger partial charge in [-0.2, -0.15) is 0 Å². The number of aliphatic imine (C=N–C) groups is 1. The second kappa shape index (κ2) is 11.2. The van der Waals surface area contributed by atoms with E-state index in [1.54, 1.807) is 29.2 Å². The van der Waals surface area contributed by atoms with E-state index in [0.717, 1.165) is 5.56 Å². The van der Waals surface area contributed by atoms with Gasteiger partial charge < -0.3 is 10.4 Å². The first kappa shape index (κ1) is 24.5. The molecule has 0 aliphatic carbocycles. The lowest BCUT2D eigenvalue weighted by Crippen LogP contribution is -2.46. The molecule has 0 saturated carbocycles. The highest BCUT2D eigenvalue weighted by Crippen LogP contribution is 2.31. The summed E-state index contributed by atoms with van der Waals surface area (Å²) in [4.78, 5) is 43.4. The smallest absolute Gasteiger partial charge is 0.335 e. The predicted molar refractivity (Wildman–Crippen MR) is 138 cm³/mol. The van der Waals surface area contributed by atoms with E-state index >= 15 is 0 Å². The fourth-order valence-electron chi connectivity index (χ4n) is 3.52. The molecule has 4 rings (SSSR count). The summed E-state index contributed by atoms with van der Waals surface area (Å²) in [6.45, 7) is 0.431. The minimum absolute atomic E-state index is 0.0209. The standard InChI is InChI=1S/C26H22ClN3O4S/c27-19-7-4-8-21(15-19)29-26-30(14-13-17-5-2-1-3-6-17)23(31)16-22(35-26)24(32)28-20-11-9-18(10-12-20)25(33)34/h1-12,15,22H,13-14,16H2,(H,28,32)(H,33,34). The first-order valence-electron chi connectivity index (χ1n) is 10.9. The lowest BCUT2D eigenvalue weighted by atomic mass is 10.1. The van der Waals surface area contributed by atoms with Crippen LogP contribution < -0.4 is 5.32 Å². The Kier molecular flexibility index (Phi) is 7.84. The number of thioether (sulfide) groups is 1. The third-order valence-corrected chi connectivity index (χ3v) is 6.75. The molecule has 9 heteroatoms. The summed E-state index contributed by atoms with van der Waals surface area (Å²) >= 11 is 7.33. The van der Waals surface area contributed by atoms with Gasteiger partial charge in [-0.3, -0.25) is 14.5 Å². The van der Waals surface area contributed by atoms with Crippen LogP contribution in [0.4, 0.5) is 11.4 Å². The molecule has 2 amide bonds. The molecular weight excluding hydrogens is 486 g/mol. The van der Waals surface area contributed by atoms with E-state index in [1.807, 2.05) is 30.3 Å². The number of amides is 2. The molecule has 1 aliphatic rings. The second-order valence-electron chi connectivity index (χ2n) is 7.84. The Morgan fingerprint density at radius 1 is 1.06 bits per heavy atom. The van der Waals surface area contributed by atoms with Crippen LogP contribution in [0.25, 0.3) is 0 Å². The van der Waals surface area contributed by atoms with Gasteiger partial charge in [0.1, 0.15) is 5.25 Å². The zero-order valence-electron chi connectivity index (χ0n) is 18.6. The number of carboxylic acids is 1. The molecule has 0 radical (unpaired) electrons. The maximum absolute atomic E-state index is 13.1. The van der Waals surface area contributed by atoms with Crippen molar-refractivity contribution in [3.05, 3.63) is 95.0 Å². The molecule has 1 fully saturated rings. The van der Waals surface area contributed by atoms with Crippen LogP contribution in [0.15, 0.2) is 83.9 Å². The van der Waals surface area contributed by atoms with E-state index in [0.29, 0.717) is 34.5 Å². The van der Waals surface area contributed by atoms with Crippen molar-refractivity contribution in [3.8, 4) is 0 Å². The van der Waals surface area contributed by atoms with Gasteiger partial charge in [0.2, 0.25) is 11.8 Å². The van der Waals surface area contributed by atoms with Gasteiger partial charge in [0, 0.05) is 23.7 Å². The van der Waals surface area contributed by atoms with E-state index in [9.17, 15) is 14.4 Å². The zero-order chi connectivity index (χ0) is 24.8. The highest BCUT2D eigenvalue weighted by atomic mass is 35.5. The van der Waals surface area contributed by atoms with Gasteiger partial charge in [0.05, 0.1) is 11.3 Å². The highest BCUT2D eigenvalue weighted by molar-refractivity contribution is 8.15. The molecule has 35 heavy (non-hydrogen) atoms. The molecule has 7 nitrogen and oxygen atoms in total. The monoisotopic (exact) mass is 507 g/mol. The number of amidine groups is 1. The normalized spacial score (nSPS) is 16.8. The van der Waals surface area contributed by atoms with Crippen LogP contribution in [-0.4, -0.2) is 44.8 Å². The van der Waals surface area contributed by atoms with Gasteiger partial charge in [0.15, 0.2) is 5.17 Å². The Labute approximate surface area is 211 Å². The quantitative estimate of drug-likeness (QED) is 0.455. The summed E-state index contributed by atoms with van der Waals surface area (Å²) in [6, 6.07) is 22.7. The first-order valence-corrected chi connectivity index (χ1v) is 12.1. The molecule has 0 aromatic heterocycles. The Hall–Kier alpha value is -3.62. The maximum Gasteiger partial charge on any atom is 0.335 e. The molecule has 1 saturated heterocycles. The number of hydrogen-bond acceptors (Lipinski definition) is 5. The van der Waals surface area contributed by atoms with E-state index in [2.05, 4.69) is 10.3 Å². The fourth-order valence-corrected chi connectivity index (χ4v) is 4.83. The average Bonchev–Trinajstić information content (AvgIpc) is 2.84. The van der Waals surface area contributed by atoms with E-state index < -0.39 is 11.2 Å². The van der Waals surface area contributed by atoms with E-state index in [-0.39, 0.29) is 23.8 Å². The van der Waals surface area contributed by atoms with E-state index in [1.165, 1.54) is 36.0 Å². The van der Waals surface area contributed by atoms with Gasteiger partial charge in [0.25, 0.3) is 0 Å². The summed E-state index contributed by atoms with van der Waals surface area (Å²) in [7, 11) is 0. The summed E-state index contributed by atoms with van der Waals surface area (Å²) in [5.74, 6) is -1.59. The van der Waals surface area contributed by atoms with Gasteiger partial charge in [-0.25, -0.2) is 9.79 Å². The van der Waals surface area contributed by atoms with E-state index in [4.69, 9.17) is 16.7 Å². The largest absolute Gasteiger partial charge is 0.478 e. The predicted octanol–water partition coefficient (Wildman–Crippen LogP) is 5.24. The van der Waals surface area contributed by atoms with Crippen molar-refractivity contribution < 1.29 is 19.5 Å². The first-order chi connectivity index (χ1) is 16.9. The van der Waals surface area contributed by atoms with Crippen molar-refractivity contribution in [2.24, 2.45) is 4.99 Å². The highest BCUT2D eigenvalue weighted by Gasteiger charge is 2.35. The molecule has 0 bridgehead atoms. The number of nitrogens with one attached hydrogen (secondary N) is 1. The van der Waals surface area contributed by atoms with Crippen LogP contribution in [-0.2, 0) is 16.0 Å². The molecule has 3 aromatic carbocycles. The zero-order valence-corrected chi connectivity index (χ0v) is 20.1. The van der Waals surface area contributed by atoms with Crippen LogP contribution >= 0.6 is 23.4 Å². The molecule has 3 aromatic rings.